The van der Waals surface area contributed by atoms with E-state index in [-0.39, 0.29) is 18.5 Å². The van der Waals surface area contributed by atoms with Crippen LogP contribution >= 0.6 is 0 Å². The van der Waals surface area contributed by atoms with Gasteiger partial charge < -0.3 is 19.8 Å². The highest BCUT2D eigenvalue weighted by molar-refractivity contribution is 5.81. The Hall–Kier alpha value is -3.21. The molecule has 2 aromatic carbocycles. The van der Waals surface area contributed by atoms with Crippen LogP contribution in [0.1, 0.15) is 29.9 Å². The quantitative estimate of drug-likeness (QED) is 0.620. The van der Waals surface area contributed by atoms with E-state index in [4.69, 9.17) is 9.15 Å². The third kappa shape index (κ3) is 5.38. The van der Waals surface area contributed by atoms with Gasteiger partial charge in [0.2, 0.25) is 5.91 Å². The maximum Gasteiger partial charge on any atom is 0.239 e. The Bertz CT molecular complexity index is 875. The second-order valence-corrected chi connectivity index (χ2v) is 6.40. The lowest BCUT2D eigenvalue weighted by Gasteiger charge is -2.13. The molecule has 5 heteroatoms. The number of carbonyl (C=O) groups is 1. The molecule has 3 rings (SSSR count). The van der Waals surface area contributed by atoms with Crippen LogP contribution in [-0.2, 0) is 11.4 Å². The number of ether oxygens (including phenoxy) is 1. The van der Waals surface area contributed by atoms with Crippen molar-refractivity contribution in [3.63, 3.8) is 0 Å². The molecule has 27 heavy (non-hydrogen) atoms. The van der Waals surface area contributed by atoms with Gasteiger partial charge in [0.05, 0.1) is 18.8 Å². The van der Waals surface area contributed by atoms with Crippen molar-refractivity contribution in [3.05, 3.63) is 83.8 Å². The topological polar surface area (TPSA) is 63.5 Å². The van der Waals surface area contributed by atoms with Crippen LogP contribution in [-0.4, -0.2) is 12.5 Å². The van der Waals surface area contributed by atoms with E-state index in [1.807, 2.05) is 49.4 Å². The number of anilines is 1. The predicted molar refractivity (Wildman–Crippen MR) is 106 cm³/mol. The zero-order chi connectivity index (χ0) is 19.1. The van der Waals surface area contributed by atoms with Crippen LogP contribution in [0.2, 0.25) is 0 Å². The Morgan fingerprint density at radius 1 is 1.11 bits per heavy atom. The molecule has 0 spiro atoms. The molecule has 5 nitrogen and oxygen atoms in total. The highest BCUT2D eigenvalue weighted by Crippen LogP contribution is 2.19. The van der Waals surface area contributed by atoms with Gasteiger partial charge in [-0.15, -0.1) is 0 Å². The summed E-state index contributed by atoms with van der Waals surface area (Å²) in [6, 6.07) is 19.2. The van der Waals surface area contributed by atoms with Crippen molar-refractivity contribution in [2.75, 3.05) is 11.9 Å². The van der Waals surface area contributed by atoms with Gasteiger partial charge in [-0.25, -0.2) is 0 Å². The normalized spacial score (nSPS) is 11.6. The summed E-state index contributed by atoms with van der Waals surface area (Å²) in [6.45, 7) is 4.64. The second-order valence-electron chi connectivity index (χ2n) is 6.40. The monoisotopic (exact) mass is 364 g/mol. The fourth-order valence-electron chi connectivity index (χ4n) is 2.71. The number of nitrogens with one attached hydrogen (secondary N) is 2. The van der Waals surface area contributed by atoms with Gasteiger partial charge in [0.15, 0.2) is 0 Å². The number of carbonyl (C=O) groups excluding carboxylic acids is 1. The lowest BCUT2D eigenvalue weighted by Crippen LogP contribution is -2.31. The first-order chi connectivity index (χ1) is 13.1. The molecule has 2 N–H and O–H groups in total. The maximum absolute atomic E-state index is 12.1. The van der Waals surface area contributed by atoms with E-state index in [1.54, 1.807) is 12.3 Å². The minimum atomic E-state index is -0.168. The van der Waals surface area contributed by atoms with Crippen molar-refractivity contribution in [1.82, 2.24) is 5.32 Å². The summed E-state index contributed by atoms with van der Waals surface area (Å²) in [7, 11) is 0. The first-order valence-corrected chi connectivity index (χ1v) is 8.96. The second kappa shape index (κ2) is 8.94. The van der Waals surface area contributed by atoms with Crippen LogP contribution in [0.25, 0.3) is 0 Å². The van der Waals surface area contributed by atoms with Gasteiger partial charge in [-0.2, -0.15) is 0 Å². The molecule has 0 bridgehead atoms. The summed E-state index contributed by atoms with van der Waals surface area (Å²) >= 11 is 0. The third-order valence-electron chi connectivity index (χ3n) is 4.29. The van der Waals surface area contributed by atoms with Gasteiger partial charge >= 0.3 is 0 Å². The van der Waals surface area contributed by atoms with Crippen LogP contribution in [0.15, 0.2) is 71.3 Å². The largest absolute Gasteiger partial charge is 0.489 e. The Morgan fingerprint density at radius 3 is 2.74 bits per heavy atom. The maximum atomic E-state index is 12.1. The molecule has 0 aliphatic carbocycles. The average molecular weight is 364 g/mol. The molecule has 0 aliphatic heterocycles. The van der Waals surface area contributed by atoms with E-state index in [0.29, 0.717) is 6.61 Å². The van der Waals surface area contributed by atoms with Gasteiger partial charge in [-0.1, -0.05) is 30.3 Å². The van der Waals surface area contributed by atoms with Gasteiger partial charge in [-0.3, -0.25) is 4.79 Å². The molecule has 0 radical (unpaired) electrons. The van der Waals surface area contributed by atoms with Gasteiger partial charge in [-0.05, 0) is 49.2 Å². The molecule has 0 fully saturated rings. The molecular formula is C22H24N2O3. The molecule has 1 heterocycles. The summed E-state index contributed by atoms with van der Waals surface area (Å²) in [5, 5.41) is 6.02. The van der Waals surface area contributed by atoms with Crippen LogP contribution in [0.5, 0.6) is 5.75 Å². The molecule has 0 aliphatic rings. The van der Waals surface area contributed by atoms with E-state index in [1.165, 1.54) is 5.56 Å². The fraction of sp³-hybridized carbons (Fsp3) is 0.227. The van der Waals surface area contributed by atoms with Crippen LogP contribution in [0.3, 0.4) is 0 Å². The summed E-state index contributed by atoms with van der Waals surface area (Å²) in [5.41, 5.74) is 3.19. The van der Waals surface area contributed by atoms with Crippen molar-refractivity contribution in [1.29, 1.82) is 0 Å². The molecule has 1 aromatic heterocycles. The van der Waals surface area contributed by atoms with E-state index in [9.17, 15) is 4.79 Å². The van der Waals surface area contributed by atoms with E-state index < -0.39 is 0 Å². The zero-order valence-electron chi connectivity index (χ0n) is 15.6. The first-order valence-electron chi connectivity index (χ1n) is 8.96. The summed E-state index contributed by atoms with van der Waals surface area (Å²) < 4.78 is 11.2. The van der Waals surface area contributed by atoms with Crippen molar-refractivity contribution < 1.29 is 13.9 Å². The smallest absolute Gasteiger partial charge is 0.239 e. The first kappa shape index (κ1) is 18.6. The van der Waals surface area contributed by atoms with Crippen molar-refractivity contribution in [3.8, 4) is 5.75 Å². The summed E-state index contributed by atoms with van der Waals surface area (Å²) in [5.74, 6) is 1.38. The minimum Gasteiger partial charge on any atom is -0.489 e. The van der Waals surface area contributed by atoms with Gasteiger partial charge in [0.25, 0.3) is 0 Å². The number of amides is 1. The Morgan fingerprint density at radius 2 is 1.96 bits per heavy atom. The lowest BCUT2D eigenvalue weighted by molar-refractivity contribution is -0.120. The fourth-order valence-corrected chi connectivity index (χ4v) is 2.71. The van der Waals surface area contributed by atoms with Gasteiger partial charge in [0, 0.05) is 11.8 Å². The minimum absolute atomic E-state index is 0.106. The van der Waals surface area contributed by atoms with Crippen molar-refractivity contribution >= 4 is 11.6 Å². The van der Waals surface area contributed by atoms with Crippen LogP contribution < -0.4 is 15.4 Å². The molecule has 1 atom stereocenters. The molecule has 0 saturated carbocycles. The molecular weight excluding hydrogens is 340 g/mol. The summed E-state index contributed by atoms with van der Waals surface area (Å²) in [4.78, 5) is 12.1. The number of hydrogen-bond acceptors (Lipinski definition) is 4. The van der Waals surface area contributed by atoms with Gasteiger partial charge in [0.1, 0.15) is 18.1 Å². The predicted octanol–water partition coefficient (Wildman–Crippen LogP) is 4.46. The number of benzene rings is 2. The Labute approximate surface area is 159 Å². The standard InChI is InChI=1S/C22H24N2O3/c1-16-7-3-4-8-18(16)15-27-20-10-5-9-19(13-20)23-14-22(25)24-17(2)21-11-6-12-26-21/h3-13,17,23H,14-15H2,1-2H3,(H,24,25). The number of hydrogen-bond donors (Lipinski definition) is 2. The van der Waals surface area contributed by atoms with Crippen LogP contribution in [0, 0.1) is 6.92 Å². The van der Waals surface area contributed by atoms with Crippen LogP contribution in [0.4, 0.5) is 5.69 Å². The molecule has 3 aromatic rings. The number of rotatable bonds is 8. The molecule has 140 valence electrons. The van der Waals surface area contributed by atoms with Crippen molar-refractivity contribution in [2.45, 2.75) is 26.5 Å². The van der Waals surface area contributed by atoms with Crippen molar-refractivity contribution in [2.24, 2.45) is 0 Å². The highest BCUT2D eigenvalue weighted by atomic mass is 16.5. The average Bonchev–Trinajstić information content (AvgIpc) is 3.21. The number of aryl methyl sites for hydroxylation is 1. The molecule has 0 saturated heterocycles. The lowest BCUT2D eigenvalue weighted by atomic mass is 10.1. The van der Waals surface area contributed by atoms with E-state index >= 15 is 0 Å². The number of furan rings is 1. The van der Waals surface area contributed by atoms with E-state index in [2.05, 4.69) is 29.7 Å². The SMILES string of the molecule is Cc1ccccc1COc1cccc(NCC(=O)NC(C)c2ccco2)c1. The summed E-state index contributed by atoms with van der Waals surface area (Å²) in [6.07, 6.45) is 1.60. The zero-order valence-corrected chi connectivity index (χ0v) is 15.6. The molecule has 1 amide bonds. The van der Waals surface area contributed by atoms with E-state index in [0.717, 1.165) is 22.8 Å². The Balaban J connectivity index is 1.50. The Kier molecular flexibility index (Phi) is 6.15. The third-order valence-corrected chi connectivity index (χ3v) is 4.29. The highest BCUT2D eigenvalue weighted by Gasteiger charge is 2.11. The molecule has 1 unspecified atom stereocenters.